The number of nitrogens with zero attached hydrogens (tertiary/aromatic N) is 2. The first-order valence-electron chi connectivity index (χ1n) is 11.6. The van der Waals surface area contributed by atoms with Gasteiger partial charge in [0.05, 0.1) is 6.42 Å². The van der Waals surface area contributed by atoms with E-state index in [2.05, 4.69) is 15.2 Å². The Morgan fingerprint density at radius 2 is 1.66 bits per heavy atom. The van der Waals surface area contributed by atoms with Gasteiger partial charge in [-0.05, 0) is 24.1 Å². The highest BCUT2D eigenvalue weighted by atomic mass is 31.2. The van der Waals surface area contributed by atoms with Crippen molar-refractivity contribution in [1.82, 2.24) is 20.6 Å². The molecule has 1 aromatic rings. The van der Waals surface area contributed by atoms with Crippen molar-refractivity contribution in [3.63, 3.8) is 0 Å². The molecule has 0 spiro atoms. The van der Waals surface area contributed by atoms with Gasteiger partial charge in [0.15, 0.2) is 0 Å². The maximum atomic E-state index is 12.6. The summed E-state index contributed by atoms with van der Waals surface area (Å²) in [4.78, 5) is 94.1. The lowest BCUT2D eigenvalue weighted by atomic mass is 10.1. The molecule has 0 aromatic heterocycles. The molecule has 16 heteroatoms. The van der Waals surface area contributed by atoms with E-state index in [-0.39, 0.29) is 82.3 Å². The fourth-order valence-electron chi connectivity index (χ4n) is 3.35. The molecule has 1 aliphatic rings. The average molecular weight is 556 g/mol. The SMILES string of the molecule is O=CNCCN(CCNC(=O)Cc1ccc(OP(=O)(O)O)cc1)C(=O)CCCC(=O)ON1C(=O)CCC1=O. The van der Waals surface area contributed by atoms with E-state index in [4.69, 9.17) is 14.6 Å². The Labute approximate surface area is 217 Å². The number of rotatable bonds is 16. The predicted octanol–water partition coefficient (Wildman–Crippen LogP) is -0.831. The third kappa shape index (κ3) is 11.1. The van der Waals surface area contributed by atoms with Crippen LogP contribution in [0.2, 0.25) is 0 Å². The van der Waals surface area contributed by atoms with Crippen LogP contribution in [0.1, 0.15) is 37.7 Å². The van der Waals surface area contributed by atoms with Crippen LogP contribution in [-0.2, 0) is 44.6 Å². The van der Waals surface area contributed by atoms with E-state index >= 15 is 0 Å². The van der Waals surface area contributed by atoms with E-state index < -0.39 is 25.6 Å². The highest BCUT2D eigenvalue weighted by molar-refractivity contribution is 7.46. The molecular formula is C22H29N4O11P. The normalized spacial score (nSPS) is 13.2. The van der Waals surface area contributed by atoms with Crippen LogP contribution < -0.4 is 15.2 Å². The molecule has 38 heavy (non-hydrogen) atoms. The monoisotopic (exact) mass is 556 g/mol. The van der Waals surface area contributed by atoms with Gasteiger partial charge in [0.2, 0.25) is 18.2 Å². The van der Waals surface area contributed by atoms with E-state index in [0.29, 0.717) is 17.0 Å². The molecule has 0 radical (unpaired) electrons. The molecule has 0 aliphatic carbocycles. The molecule has 1 saturated heterocycles. The van der Waals surface area contributed by atoms with E-state index in [1.165, 1.54) is 29.2 Å². The summed E-state index contributed by atoms with van der Waals surface area (Å²) in [5, 5.41) is 5.54. The molecule has 208 valence electrons. The van der Waals surface area contributed by atoms with E-state index in [9.17, 15) is 33.3 Å². The summed E-state index contributed by atoms with van der Waals surface area (Å²) >= 11 is 0. The summed E-state index contributed by atoms with van der Waals surface area (Å²) in [6, 6.07) is 5.59. The summed E-state index contributed by atoms with van der Waals surface area (Å²) in [6.45, 7) is 0.566. The van der Waals surface area contributed by atoms with E-state index in [1.54, 1.807) is 0 Å². The second-order valence-corrected chi connectivity index (χ2v) is 9.27. The van der Waals surface area contributed by atoms with Gasteiger partial charge in [-0.1, -0.05) is 12.1 Å². The van der Waals surface area contributed by atoms with Gasteiger partial charge in [0, 0.05) is 51.9 Å². The minimum Gasteiger partial charge on any atom is -0.404 e. The summed E-state index contributed by atoms with van der Waals surface area (Å²) < 4.78 is 15.3. The number of phosphoric acid groups is 1. The number of phosphoric ester groups is 1. The van der Waals surface area contributed by atoms with E-state index in [0.717, 1.165) is 0 Å². The molecular weight excluding hydrogens is 527 g/mol. The molecule has 1 aromatic carbocycles. The lowest BCUT2D eigenvalue weighted by molar-refractivity contribution is -0.197. The Bertz CT molecular complexity index is 1060. The van der Waals surface area contributed by atoms with Crippen molar-refractivity contribution in [1.29, 1.82) is 0 Å². The first-order valence-corrected chi connectivity index (χ1v) is 13.1. The lowest BCUT2D eigenvalue weighted by Gasteiger charge is -2.23. The Hall–Kier alpha value is -3.81. The van der Waals surface area contributed by atoms with Crippen molar-refractivity contribution < 1.29 is 52.5 Å². The van der Waals surface area contributed by atoms with Gasteiger partial charge < -0.3 is 24.9 Å². The second kappa shape index (κ2) is 14.8. The van der Waals surface area contributed by atoms with Crippen LogP contribution in [0.25, 0.3) is 0 Å². The minimum absolute atomic E-state index is 0.0223. The summed E-state index contributed by atoms with van der Waals surface area (Å²) in [7, 11) is -4.68. The number of carbonyl (C=O) groups excluding carboxylic acids is 6. The number of hydroxylamine groups is 2. The molecule has 0 unspecified atom stereocenters. The zero-order valence-corrected chi connectivity index (χ0v) is 21.3. The topological polar surface area (TPSA) is 209 Å². The van der Waals surface area contributed by atoms with Crippen LogP contribution in [0, 0.1) is 0 Å². The van der Waals surface area contributed by atoms with Crippen LogP contribution in [-0.4, -0.2) is 81.9 Å². The third-order valence-corrected chi connectivity index (χ3v) is 5.60. The molecule has 2 rings (SSSR count). The first-order chi connectivity index (χ1) is 18.0. The number of imide groups is 1. The Morgan fingerprint density at radius 1 is 1.03 bits per heavy atom. The quantitative estimate of drug-likeness (QED) is 0.0854. The number of benzene rings is 1. The maximum Gasteiger partial charge on any atom is 0.524 e. The predicted molar refractivity (Wildman–Crippen MR) is 128 cm³/mol. The molecule has 1 heterocycles. The summed E-state index contributed by atoms with van der Waals surface area (Å²) in [5.41, 5.74) is 0.563. The van der Waals surface area contributed by atoms with Crippen LogP contribution in [0.15, 0.2) is 24.3 Å². The Morgan fingerprint density at radius 3 is 2.26 bits per heavy atom. The highest BCUT2D eigenvalue weighted by Gasteiger charge is 2.32. The zero-order chi connectivity index (χ0) is 28.1. The molecule has 0 saturated carbocycles. The molecule has 0 bridgehead atoms. The molecule has 0 atom stereocenters. The average Bonchev–Trinajstić information content (AvgIpc) is 3.15. The van der Waals surface area contributed by atoms with Crippen molar-refractivity contribution in [3.8, 4) is 5.75 Å². The zero-order valence-electron chi connectivity index (χ0n) is 20.4. The van der Waals surface area contributed by atoms with E-state index in [1.807, 2.05) is 0 Å². The smallest absolute Gasteiger partial charge is 0.404 e. The summed E-state index contributed by atoms with van der Waals surface area (Å²) in [5.74, 6) is -2.76. The van der Waals surface area contributed by atoms with Crippen LogP contribution in [0.5, 0.6) is 5.75 Å². The van der Waals surface area contributed by atoms with Gasteiger partial charge >= 0.3 is 13.8 Å². The van der Waals surface area contributed by atoms with Crippen molar-refractivity contribution >= 4 is 43.8 Å². The molecule has 1 fully saturated rings. The van der Waals surface area contributed by atoms with Crippen molar-refractivity contribution in [2.75, 3.05) is 26.2 Å². The fourth-order valence-corrected chi connectivity index (χ4v) is 3.75. The lowest BCUT2D eigenvalue weighted by Crippen LogP contribution is -2.42. The molecule has 5 amide bonds. The standard InChI is InChI=1S/C22H29N4O11P/c27-15-23-10-12-25(19(29)2-1-3-22(32)36-26-20(30)8-9-21(26)31)13-11-24-18(28)14-16-4-6-17(7-5-16)37-38(33,34)35/h4-7,15H,1-3,8-14H2,(H,23,27)(H,24,28)(H2,33,34,35). The number of nitrogens with one attached hydrogen (secondary N) is 2. The number of amides is 5. The Kier molecular flexibility index (Phi) is 11.9. The highest BCUT2D eigenvalue weighted by Crippen LogP contribution is 2.37. The van der Waals surface area contributed by atoms with Crippen molar-refractivity contribution in [2.24, 2.45) is 0 Å². The second-order valence-electron chi connectivity index (χ2n) is 8.10. The largest absolute Gasteiger partial charge is 0.524 e. The van der Waals surface area contributed by atoms with Crippen molar-refractivity contribution in [2.45, 2.75) is 38.5 Å². The fraction of sp³-hybridized carbons (Fsp3) is 0.455. The Balaban J connectivity index is 1.77. The molecule has 4 N–H and O–H groups in total. The number of carbonyl (C=O) groups is 6. The van der Waals surface area contributed by atoms with Crippen LogP contribution in [0.4, 0.5) is 0 Å². The first kappa shape index (κ1) is 30.4. The van der Waals surface area contributed by atoms with Crippen molar-refractivity contribution in [3.05, 3.63) is 29.8 Å². The van der Waals surface area contributed by atoms with Gasteiger partial charge in [-0.3, -0.25) is 33.8 Å². The van der Waals surface area contributed by atoms with Gasteiger partial charge in [-0.2, -0.15) is 0 Å². The molecule has 15 nitrogen and oxygen atoms in total. The third-order valence-electron chi connectivity index (χ3n) is 5.15. The van der Waals surface area contributed by atoms with Gasteiger partial charge in [-0.15, -0.1) is 5.06 Å². The maximum absolute atomic E-state index is 12.6. The van der Waals surface area contributed by atoms with Gasteiger partial charge in [0.25, 0.3) is 11.8 Å². The number of hydrogen-bond acceptors (Lipinski definition) is 9. The van der Waals surface area contributed by atoms with Crippen LogP contribution in [0.3, 0.4) is 0 Å². The molecule has 1 aliphatic heterocycles. The minimum atomic E-state index is -4.68. The summed E-state index contributed by atoms with van der Waals surface area (Å²) in [6.07, 6.45) is 0.266. The van der Waals surface area contributed by atoms with Gasteiger partial charge in [0.1, 0.15) is 5.75 Å². The number of hydrogen-bond donors (Lipinski definition) is 4. The van der Waals surface area contributed by atoms with Crippen LogP contribution >= 0.6 is 7.82 Å². The van der Waals surface area contributed by atoms with Gasteiger partial charge in [-0.25, -0.2) is 9.36 Å².